The van der Waals surface area contributed by atoms with Crippen molar-refractivity contribution in [1.29, 1.82) is 0 Å². The minimum atomic E-state index is -0.679. The number of hydrogen-bond donors (Lipinski definition) is 0. The van der Waals surface area contributed by atoms with Crippen LogP contribution >= 0.6 is 0 Å². The van der Waals surface area contributed by atoms with Crippen LogP contribution in [0.3, 0.4) is 0 Å². The molecular weight excluding hydrogens is 475 g/mol. The number of rotatable bonds is 2. The maximum Gasteiger partial charge on any atom is 0.252 e. The molecule has 5 aromatic rings. The van der Waals surface area contributed by atoms with Gasteiger partial charge in [0.15, 0.2) is 0 Å². The fourth-order valence-electron chi connectivity index (χ4n) is 5.73. The Morgan fingerprint density at radius 1 is 0.432 bits per heavy atom. The van der Waals surface area contributed by atoms with Crippen molar-refractivity contribution in [2.24, 2.45) is 0 Å². The van der Waals surface area contributed by atoms with Crippen molar-refractivity contribution in [3.63, 3.8) is 0 Å². The van der Waals surface area contributed by atoms with Crippen LogP contribution in [0.25, 0.3) is 0 Å². The summed E-state index contributed by atoms with van der Waals surface area (Å²) in [7, 11) is 0. The summed E-state index contributed by atoms with van der Waals surface area (Å²) in [6.45, 7) is -0.192. The fraction of sp³-hybridized carbons (Fsp3) is 0. The molecule has 0 aromatic heterocycles. The Labute approximate surface area is 211 Å². The molecular formula is C30H17BF4N2. The lowest BCUT2D eigenvalue weighted by Gasteiger charge is -2.44. The quantitative estimate of drug-likeness (QED) is 0.206. The summed E-state index contributed by atoms with van der Waals surface area (Å²) >= 11 is 0. The van der Waals surface area contributed by atoms with Crippen LogP contribution in [0.1, 0.15) is 0 Å². The summed E-state index contributed by atoms with van der Waals surface area (Å²) < 4.78 is 57.5. The average Bonchev–Trinajstić information content (AvgIpc) is 2.87. The summed E-state index contributed by atoms with van der Waals surface area (Å²) in [6.07, 6.45) is 0. The first-order valence-electron chi connectivity index (χ1n) is 11.8. The minimum Gasteiger partial charge on any atom is -0.311 e. The highest BCUT2D eigenvalue weighted by Crippen LogP contribution is 2.43. The van der Waals surface area contributed by atoms with Crippen LogP contribution < -0.4 is 26.2 Å². The molecule has 0 radical (unpaired) electrons. The highest BCUT2D eigenvalue weighted by Gasteiger charge is 2.42. The van der Waals surface area contributed by atoms with Gasteiger partial charge < -0.3 is 9.80 Å². The van der Waals surface area contributed by atoms with Gasteiger partial charge in [0.25, 0.3) is 6.71 Å². The zero-order valence-electron chi connectivity index (χ0n) is 19.3. The molecule has 0 spiro atoms. The summed E-state index contributed by atoms with van der Waals surface area (Å²) in [5, 5.41) is 0. The van der Waals surface area contributed by atoms with Crippen LogP contribution in [-0.4, -0.2) is 6.71 Å². The maximum atomic E-state index is 14.4. The minimum absolute atomic E-state index is 0.192. The van der Waals surface area contributed by atoms with Crippen LogP contribution in [-0.2, 0) is 0 Å². The molecule has 7 rings (SSSR count). The molecule has 0 saturated heterocycles. The molecule has 5 aromatic carbocycles. The second-order valence-corrected chi connectivity index (χ2v) is 9.19. The number of fused-ring (bicyclic) bond motifs is 4. The first-order valence-corrected chi connectivity index (χ1v) is 11.8. The van der Waals surface area contributed by atoms with E-state index in [9.17, 15) is 17.6 Å². The molecule has 0 atom stereocenters. The predicted octanol–water partition coefficient (Wildman–Crippen LogP) is 6.33. The number of hydrogen-bond acceptors (Lipinski definition) is 2. The molecule has 2 aliphatic rings. The van der Waals surface area contributed by atoms with E-state index in [0.29, 0.717) is 11.4 Å². The average molecular weight is 492 g/mol. The van der Waals surface area contributed by atoms with Crippen LogP contribution in [0.5, 0.6) is 0 Å². The van der Waals surface area contributed by atoms with Gasteiger partial charge in [-0.2, -0.15) is 0 Å². The van der Waals surface area contributed by atoms with Crippen LogP contribution in [0.4, 0.5) is 51.7 Å². The van der Waals surface area contributed by atoms with E-state index < -0.39 is 23.3 Å². The molecule has 0 bridgehead atoms. The van der Waals surface area contributed by atoms with E-state index in [-0.39, 0.29) is 6.71 Å². The lowest BCUT2D eigenvalue weighted by molar-refractivity contribution is 0.583. The predicted molar refractivity (Wildman–Crippen MR) is 140 cm³/mol. The lowest BCUT2D eigenvalue weighted by atomic mass is 9.33. The Morgan fingerprint density at radius 3 is 1.24 bits per heavy atom. The van der Waals surface area contributed by atoms with Crippen molar-refractivity contribution in [3.8, 4) is 0 Å². The normalized spacial score (nSPS) is 13.2. The monoisotopic (exact) mass is 492 g/mol. The molecule has 2 heterocycles. The molecule has 7 heteroatoms. The molecule has 0 fully saturated rings. The second-order valence-electron chi connectivity index (χ2n) is 9.19. The zero-order valence-corrected chi connectivity index (χ0v) is 19.3. The number of halogens is 4. The van der Waals surface area contributed by atoms with E-state index in [0.717, 1.165) is 51.3 Å². The summed E-state index contributed by atoms with van der Waals surface area (Å²) in [6, 6.07) is 28.1. The highest BCUT2D eigenvalue weighted by atomic mass is 19.1. The molecule has 0 aliphatic carbocycles. The smallest absolute Gasteiger partial charge is 0.252 e. The molecule has 0 unspecified atom stereocenters. The van der Waals surface area contributed by atoms with Crippen LogP contribution in [0.2, 0.25) is 0 Å². The molecule has 178 valence electrons. The Morgan fingerprint density at radius 2 is 0.811 bits per heavy atom. The third-order valence-electron chi connectivity index (χ3n) is 7.02. The maximum absolute atomic E-state index is 14.4. The van der Waals surface area contributed by atoms with Gasteiger partial charge in [0.1, 0.15) is 23.3 Å². The van der Waals surface area contributed by atoms with E-state index in [4.69, 9.17) is 0 Å². The first-order chi connectivity index (χ1) is 18.0. The number of anilines is 6. The molecule has 0 amide bonds. The van der Waals surface area contributed by atoms with E-state index >= 15 is 0 Å². The van der Waals surface area contributed by atoms with Crippen molar-refractivity contribution in [2.75, 3.05) is 9.80 Å². The van der Waals surface area contributed by atoms with Gasteiger partial charge in [-0.1, -0.05) is 42.5 Å². The number of benzene rings is 5. The Kier molecular flexibility index (Phi) is 4.70. The van der Waals surface area contributed by atoms with Gasteiger partial charge in [-0.15, -0.1) is 0 Å². The zero-order chi connectivity index (χ0) is 25.3. The van der Waals surface area contributed by atoms with Gasteiger partial charge in [0, 0.05) is 34.9 Å². The Hall–Kier alpha value is -4.52. The van der Waals surface area contributed by atoms with Crippen LogP contribution in [0.15, 0.2) is 103 Å². The van der Waals surface area contributed by atoms with Crippen molar-refractivity contribution >= 4 is 57.2 Å². The van der Waals surface area contributed by atoms with Gasteiger partial charge in [0.05, 0.1) is 11.4 Å². The largest absolute Gasteiger partial charge is 0.311 e. The van der Waals surface area contributed by atoms with Crippen LogP contribution in [0, 0.1) is 23.3 Å². The van der Waals surface area contributed by atoms with Crippen molar-refractivity contribution in [3.05, 3.63) is 126 Å². The third kappa shape index (κ3) is 3.27. The molecule has 0 saturated carbocycles. The standard InChI is InChI=1S/C30H17BF4N2/c32-18-12-19(33)15-22(14-18)36-26-8-3-1-6-24(26)31-25-7-2-4-9-27(25)37(23-16-20(34)13-21(35)17-23)29-11-5-10-28(36)30(29)31/h1-17H. The van der Waals surface area contributed by atoms with E-state index in [2.05, 4.69) is 0 Å². The Balaban J connectivity index is 1.57. The first kappa shape index (κ1) is 21.7. The topological polar surface area (TPSA) is 6.48 Å². The number of para-hydroxylation sites is 2. The molecule has 37 heavy (non-hydrogen) atoms. The summed E-state index contributed by atoms with van der Waals surface area (Å²) in [4.78, 5) is 3.68. The van der Waals surface area contributed by atoms with Crippen molar-refractivity contribution in [1.82, 2.24) is 0 Å². The highest BCUT2D eigenvalue weighted by molar-refractivity contribution is 7.00. The lowest BCUT2D eigenvalue weighted by Crippen LogP contribution is -2.61. The van der Waals surface area contributed by atoms with E-state index in [1.165, 1.54) is 24.3 Å². The van der Waals surface area contributed by atoms with Gasteiger partial charge in [-0.3, -0.25) is 0 Å². The van der Waals surface area contributed by atoms with E-state index in [1.54, 1.807) is 0 Å². The number of nitrogens with zero attached hydrogens (tertiary/aromatic N) is 2. The van der Waals surface area contributed by atoms with Crippen molar-refractivity contribution < 1.29 is 17.6 Å². The Bertz CT molecular complexity index is 1560. The van der Waals surface area contributed by atoms with E-state index in [1.807, 2.05) is 76.5 Å². The van der Waals surface area contributed by atoms with Gasteiger partial charge in [-0.25, -0.2) is 17.6 Å². The van der Waals surface area contributed by atoms with Gasteiger partial charge in [0.2, 0.25) is 0 Å². The summed E-state index contributed by atoms with van der Waals surface area (Å²) in [5.41, 5.74) is 6.59. The molecule has 2 nitrogen and oxygen atoms in total. The van der Waals surface area contributed by atoms with Gasteiger partial charge in [-0.05, 0) is 64.9 Å². The SMILES string of the molecule is Fc1cc(F)cc(N2c3ccccc3B3c4ccccc4N(c4cc(F)cc(F)c4)c4cccc2c43)c1. The molecule has 2 aliphatic heterocycles. The third-order valence-corrected chi connectivity index (χ3v) is 7.02. The molecule has 0 N–H and O–H groups in total. The van der Waals surface area contributed by atoms with Crippen molar-refractivity contribution in [2.45, 2.75) is 0 Å². The fourth-order valence-corrected chi connectivity index (χ4v) is 5.73. The second kappa shape index (κ2) is 8.00. The van der Waals surface area contributed by atoms with Gasteiger partial charge >= 0.3 is 0 Å². The summed E-state index contributed by atoms with van der Waals surface area (Å²) in [5.74, 6) is -2.72.